The highest BCUT2D eigenvalue weighted by Crippen LogP contribution is 2.32. The zero-order valence-electron chi connectivity index (χ0n) is 18.6. The van der Waals surface area contributed by atoms with Gasteiger partial charge in [0, 0.05) is 0 Å². The van der Waals surface area contributed by atoms with Gasteiger partial charge in [-0.05, 0) is 91.3 Å². The lowest BCUT2D eigenvalue weighted by molar-refractivity contribution is -0.140. The van der Waals surface area contributed by atoms with E-state index in [0.717, 1.165) is 42.7 Å². The minimum absolute atomic E-state index is 0.00492. The van der Waals surface area contributed by atoms with Crippen LogP contribution in [0.15, 0.2) is 72.8 Å². The Hall–Kier alpha value is -3.47. The number of carbonyl (C=O) groups excluding carboxylic acids is 2. The van der Waals surface area contributed by atoms with E-state index in [1.807, 2.05) is 24.3 Å². The van der Waals surface area contributed by atoms with Crippen molar-refractivity contribution in [2.45, 2.75) is 39.0 Å². The van der Waals surface area contributed by atoms with Gasteiger partial charge < -0.3 is 9.47 Å². The predicted molar refractivity (Wildman–Crippen MR) is 125 cm³/mol. The van der Waals surface area contributed by atoms with Crippen LogP contribution < -0.4 is 9.47 Å². The van der Waals surface area contributed by atoms with E-state index >= 15 is 0 Å². The maximum absolute atomic E-state index is 13.0. The Kier molecular flexibility index (Phi) is 7.18. The first-order valence-corrected chi connectivity index (χ1v) is 11.4. The number of rotatable bonds is 6. The average Bonchev–Trinajstić information content (AvgIpc) is 2.86. The highest BCUT2D eigenvalue weighted by atomic mass is 19.1. The van der Waals surface area contributed by atoms with Crippen molar-refractivity contribution in [3.05, 3.63) is 84.2 Å². The summed E-state index contributed by atoms with van der Waals surface area (Å²) in [4.78, 5) is 24.8. The van der Waals surface area contributed by atoms with E-state index < -0.39 is 5.97 Å². The van der Waals surface area contributed by atoms with Crippen LogP contribution in [-0.2, 0) is 4.79 Å². The molecule has 0 amide bonds. The zero-order valence-corrected chi connectivity index (χ0v) is 18.6. The molecule has 5 heteroatoms. The van der Waals surface area contributed by atoms with E-state index in [2.05, 4.69) is 6.92 Å². The van der Waals surface area contributed by atoms with Gasteiger partial charge >= 0.3 is 11.9 Å². The van der Waals surface area contributed by atoms with E-state index in [9.17, 15) is 14.0 Å². The van der Waals surface area contributed by atoms with Crippen molar-refractivity contribution in [3.8, 4) is 22.6 Å². The molecule has 0 saturated heterocycles. The van der Waals surface area contributed by atoms with Gasteiger partial charge in [-0.2, -0.15) is 0 Å². The molecule has 1 fully saturated rings. The quantitative estimate of drug-likeness (QED) is 0.307. The fourth-order valence-corrected chi connectivity index (χ4v) is 4.19. The molecular weight excluding hydrogens is 419 g/mol. The number of hydrogen-bond donors (Lipinski definition) is 0. The Morgan fingerprint density at radius 3 is 1.85 bits per heavy atom. The molecule has 1 aliphatic rings. The summed E-state index contributed by atoms with van der Waals surface area (Å²) in [6.07, 6.45) is 5.20. The van der Waals surface area contributed by atoms with Crippen molar-refractivity contribution in [3.63, 3.8) is 0 Å². The molecule has 170 valence electrons. The largest absolute Gasteiger partial charge is 0.426 e. The van der Waals surface area contributed by atoms with E-state index in [1.54, 1.807) is 24.3 Å². The Balaban J connectivity index is 1.34. The molecule has 3 aromatic carbocycles. The van der Waals surface area contributed by atoms with Crippen LogP contribution in [0.4, 0.5) is 4.39 Å². The minimum Gasteiger partial charge on any atom is -0.426 e. The summed E-state index contributed by atoms with van der Waals surface area (Å²) in [5, 5.41) is 0. The maximum atomic E-state index is 13.0. The minimum atomic E-state index is -0.511. The SMILES string of the molecule is CC[C@H]1CC[C@H](C(=O)Oc2ccc(-c3ccc(C(=O)Oc4ccc(F)cc4)cc3)cc2)CC1. The van der Waals surface area contributed by atoms with E-state index in [-0.39, 0.29) is 23.5 Å². The molecular formula is C28H27FO4. The van der Waals surface area contributed by atoms with Crippen molar-refractivity contribution in [2.24, 2.45) is 11.8 Å². The summed E-state index contributed by atoms with van der Waals surface area (Å²) in [6.45, 7) is 2.21. The van der Waals surface area contributed by atoms with Crippen LogP contribution in [0.3, 0.4) is 0 Å². The molecule has 4 nitrogen and oxygen atoms in total. The monoisotopic (exact) mass is 446 g/mol. The first-order chi connectivity index (χ1) is 16.0. The molecule has 0 aromatic heterocycles. The standard InChI is InChI=1S/C28H27FO4/c1-2-19-3-5-22(6-4-19)27(30)32-25-15-11-21(12-16-25)20-7-9-23(10-8-20)28(31)33-26-17-13-24(29)14-18-26/h7-19,22H,2-6H2,1H3/t19-,22-. The summed E-state index contributed by atoms with van der Waals surface area (Å²) in [5.74, 6) is 0.526. The molecule has 33 heavy (non-hydrogen) atoms. The first kappa shape index (κ1) is 22.7. The fourth-order valence-electron chi connectivity index (χ4n) is 4.19. The molecule has 0 bridgehead atoms. The molecule has 0 unspecified atom stereocenters. The van der Waals surface area contributed by atoms with Crippen molar-refractivity contribution in [2.75, 3.05) is 0 Å². The van der Waals surface area contributed by atoms with Gasteiger partial charge in [0.05, 0.1) is 11.5 Å². The van der Waals surface area contributed by atoms with Crippen LogP contribution in [-0.4, -0.2) is 11.9 Å². The Labute approximate surface area is 193 Å². The summed E-state index contributed by atoms with van der Waals surface area (Å²) >= 11 is 0. The lowest BCUT2D eigenvalue weighted by Crippen LogP contribution is -2.25. The highest BCUT2D eigenvalue weighted by molar-refractivity contribution is 5.91. The second kappa shape index (κ2) is 10.4. The molecule has 3 aromatic rings. The van der Waals surface area contributed by atoms with Gasteiger partial charge in [-0.25, -0.2) is 9.18 Å². The Morgan fingerprint density at radius 1 is 0.758 bits per heavy atom. The Morgan fingerprint density at radius 2 is 1.27 bits per heavy atom. The normalized spacial score (nSPS) is 17.9. The average molecular weight is 447 g/mol. The number of esters is 2. The third-order valence-electron chi connectivity index (χ3n) is 6.31. The van der Waals surface area contributed by atoms with E-state index in [0.29, 0.717) is 11.3 Å². The number of halogens is 1. The fraction of sp³-hybridized carbons (Fsp3) is 0.286. The molecule has 0 atom stereocenters. The molecule has 4 rings (SSSR count). The Bertz CT molecular complexity index is 1080. The third kappa shape index (κ3) is 5.86. The van der Waals surface area contributed by atoms with E-state index in [1.165, 1.54) is 30.7 Å². The summed E-state index contributed by atoms with van der Waals surface area (Å²) in [5.41, 5.74) is 2.26. The number of ether oxygens (including phenoxy) is 2. The van der Waals surface area contributed by atoms with Gasteiger partial charge in [0.15, 0.2) is 0 Å². The van der Waals surface area contributed by atoms with Crippen molar-refractivity contribution < 1.29 is 23.5 Å². The molecule has 0 spiro atoms. The van der Waals surface area contributed by atoms with Crippen molar-refractivity contribution >= 4 is 11.9 Å². The number of hydrogen-bond acceptors (Lipinski definition) is 4. The maximum Gasteiger partial charge on any atom is 0.343 e. The molecule has 1 saturated carbocycles. The number of carbonyl (C=O) groups is 2. The first-order valence-electron chi connectivity index (χ1n) is 11.4. The summed E-state index contributed by atoms with van der Waals surface area (Å²) < 4.78 is 23.9. The summed E-state index contributed by atoms with van der Waals surface area (Å²) in [7, 11) is 0. The predicted octanol–water partition coefficient (Wildman–Crippen LogP) is 6.83. The lowest BCUT2D eigenvalue weighted by Gasteiger charge is -2.26. The molecule has 0 N–H and O–H groups in total. The van der Waals surface area contributed by atoms with Crippen LogP contribution in [0.25, 0.3) is 11.1 Å². The second-order valence-corrected chi connectivity index (χ2v) is 8.49. The smallest absolute Gasteiger partial charge is 0.343 e. The second-order valence-electron chi connectivity index (χ2n) is 8.49. The molecule has 0 radical (unpaired) electrons. The van der Waals surface area contributed by atoms with Gasteiger partial charge in [0.25, 0.3) is 0 Å². The summed E-state index contributed by atoms with van der Waals surface area (Å²) in [6, 6.07) is 19.7. The third-order valence-corrected chi connectivity index (χ3v) is 6.31. The van der Waals surface area contributed by atoms with Crippen molar-refractivity contribution in [1.29, 1.82) is 0 Å². The van der Waals surface area contributed by atoms with Crippen LogP contribution in [0, 0.1) is 17.7 Å². The topological polar surface area (TPSA) is 52.6 Å². The van der Waals surface area contributed by atoms with Crippen LogP contribution >= 0.6 is 0 Å². The van der Waals surface area contributed by atoms with Gasteiger partial charge in [-0.3, -0.25) is 4.79 Å². The number of benzene rings is 3. The van der Waals surface area contributed by atoms with Gasteiger partial charge in [0.2, 0.25) is 0 Å². The van der Waals surface area contributed by atoms with Crippen LogP contribution in [0.2, 0.25) is 0 Å². The molecule has 0 aliphatic heterocycles. The zero-order chi connectivity index (χ0) is 23.2. The van der Waals surface area contributed by atoms with Gasteiger partial charge in [-0.1, -0.05) is 37.6 Å². The van der Waals surface area contributed by atoms with Crippen LogP contribution in [0.1, 0.15) is 49.4 Å². The van der Waals surface area contributed by atoms with E-state index in [4.69, 9.17) is 9.47 Å². The molecule has 1 aliphatic carbocycles. The van der Waals surface area contributed by atoms with Crippen molar-refractivity contribution in [1.82, 2.24) is 0 Å². The van der Waals surface area contributed by atoms with Crippen LogP contribution in [0.5, 0.6) is 11.5 Å². The van der Waals surface area contributed by atoms with Gasteiger partial charge in [0.1, 0.15) is 17.3 Å². The molecule has 0 heterocycles. The lowest BCUT2D eigenvalue weighted by atomic mass is 9.81. The van der Waals surface area contributed by atoms with Gasteiger partial charge in [-0.15, -0.1) is 0 Å². The highest BCUT2D eigenvalue weighted by Gasteiger charge is 2.27.